The van der Waals surface area contributed by atoms with Gasteiger partial charge in [0.05, 0.1) is 0 Å². The molecule has 0 radical (unpaired) electrons. The summed E-state index contributed by atoms with van der Waals surface area (Å²) in [4.78, 5) is 0. The Morgan fingerprint density at radius 2 is 1.38 bits per heavy atom. The zero-order valence-corrected chi connectivity index (χ0v) is 5.74. The summed E-state index contributed by atoms with van der Waals surface area (Å²) in [6, 6.07) is 0. The molecular formula is O6STi. The van der Waals surface area contributed by atoms with Crippen LogP contribution in [0.1, 0.15) is 0 Å². The van der Waals surface area contributed by atoms with E-state index in [1.165, 1.54) is 0 Å². The minimum Gasteiger partial charge on any atom is -0.164 e. The van der Waals surface area contributed by atoms with E-state index in [2.05, 4.69) is 18.7 Å². The van der Waals surface area contributed by atoms with E-state index < -0.39 is 10.4 Å². The van der Waals surface area contributed by atoms with Gasteiger partial charge in [-0.15, -0.1) is 0 Å². The van der Waals surface area contributed by atoms with Crippen LogP contribution in [-0.4, -0.2) is 8.42 Å². The third kappa shape index (κ3) is 2.18. The SMILES string of the molecule is O=S1(=O)OOOO1.[Ti]. The summed E-state index contributed by atoms with van der Waals surface area (Å²) in [7, 11) is -3.99. The van der Waals surface area contributed by atoms with Gasteiger partial charge in [-0.05, 0) is 18.7 Å². The van der Waals surface area contributed by atoms with Gasteiger partial charge < -0.3 is 0 Å². The minimum absolute atomic E-state index is 0. The molecule has 1 aliphatic rings. The zero-order valence-electron chi connectivity index (χ0n) is 3.36. The van der Waals surface area contributed by atoms with Gasteiger partial charge in [0, 0.05) is 21.7 Å². The standard InChI is InChI=1S/O6S.Ti/c1-7(2)5-3-4-6-7;. The van der Waals surface area contributed by atoms with Crippen LogP contribution in [0.15, 0.2) is 0 Å². The number of rotatable bonds is 0. The summed E-state index contributed by atoms with van der Waals surface area (Å²) >= 11 is 0. The predicted octanol–water partition coefficient (Wildman–Crippen LogP) is -0.946. The predicted molar refractivity (Wildman–Crippen MR) is 13.3 cm³/mol. The molecule has 1 rings (SSSR count). The maximum Gasteiger partial charge on any atom is 0.457 e. The third-order valence-corrected chi connectivity index (χ3v) is 0.694. The first-order chi connectivity index (χ1) is 3.21. The summed E-state index contributed by atoms with van der Waals surface area (Å²) in [5, 5.41) is 6.70. The fourth-order valence-electron chi connectivity index (χ4n) is 0.102. The van der Waals surface area contributed by atoms with E-state index in [0.717, 1.165) is 0 Å². The van der Waals surface area contributed by atoms with Crippen molar-refractivity contribution >= 4 is 10.4 Å². The molecule has 0 bridgehead atoms. The van der Waals surface area contributed by atoms with E-state index in [1.54, 1.807) is 0 Å². The van der Waals surface area contributed by atoms with Gasteiger partial charge in [-0.25, -0.2) is 0 Å². The molecule has 46 valence electrons. The summed E-state index contributed by atoms with van der Waals surface area (Å²) in [6.45, 7) is 0. The molecule has 8 heavy (non-hydrogen) atoms. The van der Waals surface area contributed by atoms with Crippen molar-refractivity contribution < 1.29 is 48.9 Å². The Kier molecular flexibility index (Phi) is 3.06. The first kappa shape index (κ1) is 8.50. The van der Waals surface area contributed by atoms with Gasteiger partial charge in [-0.1, -0.05) is 0 Å². The molecule has 0 aromatic carbocycles. The molecule has 0 aliphatic carbocycles. The van der Waals surface area contributed by atoms with Crippen LogP contribution in [0.3, 0.4) is 0 Å². The van der Waals surface area contributed by atoms with Gasteiger partial charge in [0.1, 0.15) is 0 Å². The van der Waals surface area contributed by atoms with E-state index in [0.29, 0.717) is 0 Å². The van der Waals surface area contributed by atoms with Crippen molar-refractivity contribution in [2.45, 2.75) is 0 Å². The Morgan fingerprint density at radius 3 is 1.50 bits per heavy atom. The van der Waals surface area contributed by atoms with Crippen LogP contribution < -0.4 is 0 Å². The fraction of sp³-hybridized carbons (Fsp3) is 0. The molecule has 0 amide bonds. The van der Waals surface area contributed by atoms with Crippen LogP contribution in [0.5, 0.6) is 0 Å². The van der Waals surface area contributed by atoms with E-state index in [-0.39, 0.29) is 21.7 Å². The molecule has 0 saturated carbocycles. The second kappa shape index (κ2) is 2.88. The van der Waals surface area contributed by atoms with Crippen LogP contribution >= 0.6 is 0 Å². The molecule has 0 aromatic heterocycles. The van der Waals surface area contributed by atoms with Gasteiger partial charge in [-0.2, -0.15) is 8.42 Å². The van der Waals surface area contributed by atoms with Crippen molar-refractivity contribution in [3.63, 3.8) is 0 Å². The van der Waals surface area contributed by atoms with Crippen molar-refractivity contribution in [2.24, 2.45) is 0 Å². The topological polar surface area (TPSA) is 71.1 Å². The Labute approximate surface area is 59.7 Å². The largest absolute Gasteiger partial charge is 0.457 e. The summed E-state index contributed by atoms with van der Waals surface area (Å²) in [5.41, 5.74) is 0. The van der Waals surface area contributed by atoms with Crippen LogP contribution in [0.2, 0.25) is 0 Å². The number of hydrogen-bond acceptors (Lipinski definition) is 6. The maximum atomic E-state index is 9.74. The molecule has 0 N–H and O–H groups in total. The Balaban J connectivity index is 0.000000490. The Bertz CT molecular complexity index is 132. The summed E-state index contributed by atoms with van der Waals surface area (Å²) < 4.78 is 26.2. The second-order valence-corrected chi connectivity index (χ2v) is 1.77. The molecule has 0 unspecified atom stereocenters. The van der Waals surface area contributed by atoms with Gasteiger partial charge in [-0.3, -0.25) is 0 Å². The molecule has 1 heterocycles. The molecule has 8 heteroatoms. The van der Waals surface area contributed by atoms with Crippen molar-refractivity contribution in [2.75, 3.05) is 0 Å². The minimum atomic E-state index is -3.99. The van der Waals surface area contributed by atoms with Crippen LogP contribution in [0.25, 0.3) is 0 Å². The van der Waals surface area contributed by atoms with Crippen molar-refractivity contribution in [3.8, 4) is 0 Å². The summed E-state index contributed by atoms with van der Waals surface area (Å²) in [5.74, 6) is 0. The smallest absolute Gasteiger partial charge is 0.164 e. The molecule has 6 nitrogen and oxygen atoms in total. The Hall–Kier alpha value is 0.504. The van der Waals surface area contributed by atoms with E-state index in [4.69, 9.17) is 0 Å². The first-order valence-corrected chi connectivity index (χ1v) is 2.50. The fourth-order valence-corrected chi connectivity index (χ4v) is 0.306. The molecular weight excluding hydrogens is 176 g/mol. The quantitative estimate of drug-likeness (QED) is 0.350. The maximum absolute atomic E-state index is 9.74. The van der Waals surface area contributed by atoms with Gasteiger partial charge in [0.15, 0.2) is 0 Å². The first-order valence-electron chi connectivity index (χ1n) is 1.17. The summed E-state index contributed by atoms with van der Waals surface area (Å²) in [6.07, 6.45) is 0. The second-order valence-electron chi connectivity index (χ2n) is 0.680. The van der Waals surface area contributed by atoms with Crippen LogP contribution in [0, 0.1) is 0 Å². The van der Waals surface area contributed by atoms with E-state index >= 15 is 0 Å². The average Bonchev–Trinajstić information content (AvgIpc) is 1.84. The average molecular weight is 176 g/mol. The van der Waals surface area contributed by atoms with E-state index in [9.17, 15) is 8.42 Å². The molecule has 0 spiro atoms. The van der Waals surface area contributed by atoms with Gasteiger partial charge in [0.2, 0.25) is 0 Å². The van der Waals surface area contributed by atoms with Crippen LogP contribution in [0.4, 0.5) is 0 Å². The molecule has 1 saturated heterocycles. The normalized spacial score (nSPS) is 24.5. The zero-order chi connectivity index (χ0) is 5.33. The third-order valence-electron chi connectivity index (χ3n) is 0.250. The van der Waals surface area contributed by atoms with Crippen molar-refractivity contribution in [1.82, 2.24) is 0 Å². The Morgan fingerprint density at radius 1 is 1.00 bits per heavy atom. The van der Waals surface area contributed by atoms with Gasteiger partial charge in [0.25, 0.3) is 0 Å². The van der Waals surface area contributed by atoms with Gasteiger partial charge >= 0.3 is 10.4 Å². The molecule has 1 aliphatic heterocycles. The monoisotopic (exact) mass is 176 g/mol. The number of hydrogen-bond donors (Lipinski definition) is 0. The molecule has 0 aromatic rings. The van der Waals surface area contributed by atoms with Crippen molar-refractivity contribution in [1.29, 1.82) is 0 Å². The molecule has 1 fully saturated rings. The van der Waals surface area contributed by atoms with E-state index in [1.807, 2.05) is 0 Å². The van der Waals surface area contributed by atoms with Crippen LogP contribution in [-0.2, 0) is 50.9 Å². The van der Waals surface area contributed by atoms with Crippen molar-refractivity contribution in [3.05, 3.63) is 0 Å². The molecule has 0 atom stereocenters.